The van der Waals surface area contributed by atoms with Gasteiger partial charge in [0.1, 0.15) is 0 Å². The summed E-state index contributed by atoms with van der Waals surface area (Å²) in [6.07, 6.45) is 8.94. The number of nitrogens with zero attached hydrogens (tertiary/aromatic N) is 1. The first kappa shape index (κ1) is 14.8. The highest BCUT2D eigenvalue weighted by atomic mass is 79.9. The molecule has 0 aromatic heterocycles. The molecule has 1 nitrogen and oxygen atoms in total. The number of hydrogen-bond donors (Lipinski definition) is 0. The molecule has 0 aromatic carbocycles. The molecule has 1 atom stereocenters. The summed E-state index contributed by atoms with van der Waals surface area (Å²) in [5.74, 6) is 0.773. The summed E-state index contributed by atoms with van der Waals surface area (Å²) in [6.45, 7) is 11.1. The van der Waals surface area contributed by atoms with Crippen LogP contribution < -0.4 is 0 Å². The van der Waals surface area contributed by atoms with E-state index in [0.29, 0.717) is 5.41 Å². The highest BCUT2D eigenvalue weighted by Crippen LogP contribution is 2.46. The van der Waals surface area contributed by atoms with Crippen LogP contribution in [-0.2, 0) is 0 Å². The minimum Gasteiger partial charge on any atom is -0.303 e. The first-order valence-corrected chi connectivity index (χ1v) is 8.86. The van der Waals surface area contributed by atoms with Crippen molar-refractivity contribution in [3.63, 3.8) is 0 Å². The lowest BCUT2D eigenvalue weighted by atomic mass is 9.76. The molecule has 2 fully saturated rings. The van der Waals surface area contributed by atoms with Gasteiger partial charge in [-0.05, 0) is 55.5 Å². The molecule has 1 aliphatic carbocycles. The van der Waals surface area contributed by atoms with Gasteiger partial charge in [-0.3, -0.25) is 0 Å². The lowest BCUT2D eigenvalue weighted by Gasteiger charge is -2.42. The molecular formula is C16H30BrN. The van der Waals surface area contributed by atoms with Gasteiger partial charge in [0.15, 0.2) is 0 Å². The molecule has 1 heterocycles. The van der Waals surface area contributed by atoms with E-state index in [2.05, 4.69) is 41.6 Å². The fraction of sp³-hybridized carbons (Fsp3) is 1.00. The zero-order chi connectivity index (χ0) is 13.2. The minimum absolute atomic E-state index is 0.423. The van der Waals surface area contributed by atoms with E-state index >= 15 is 0 Å². The number of likely N-dealkylation sites (tertiary alicyclic amines) is 1. The fourth-order valence-corrected chi connectivity index (χ4v) is 4.88. The maximum Gasteiger partial charge on any atom is 0.00768 e. The molecular weight excluding hydrogens is 286 g/mol. The summed E-state index contributed by atoms with van der Waals surface area (Å²) in [5.41, 5.74) is 1.19. The molecule has 1 saturated carbocycles. The number of alkyl halides is 1. The van der Waals surface area contributed by atoms with Gasteiger partial charge in [0.25, 0.3) is 0 Å². The van der Waals surface area contributed by atoms with Crippen molar-refractivity contribution in [2.45, 2.75) is 59.3 Å². The van der Waals surface area contributed by atoms with Crippen LogP contribution in [0.25, 0.3) is 0 Å². The third-order valence-corrected chi connectivity index (χ3v) is 6.25. The van der Waals surface area contributed by atoms with Crippen LogP contribution in [0.3, 0.4) is 0 Å². The van der Waals surface area contributed by atoms with E-state index in [-0.39, 0.29) is 0 Å². The molecule has 0 N–H and O–H groups in total. The molecule has 0 bridgehead atoms. The number of halogens is 1. The summed E-state index contributed by atoms with van der Waals surface area (Å²) in [7, 11) is 0. The molecule has 2 aliphatic rings. The summed E-state index contributed by atoms with van der Waals surface area (Å²) in [6, 6.07) is 0. The maximum absolute atomic E-state index is 3.71. The van der Waals surface area contributed by atoms with Crippen molar-refractivity contribution in [1.82, 2.24) is 4.90 Å². The van der Waals surface area contributed by atoms with Gasteiger partial charge in [-0.15, -0.1) is 0 Å². The normalized spacial score (nSPS) is 26.7. The van der Waals surface area contributed by atoms with E-state index in [0.717, 1.165) is 16.7 Å². The SMILES string of the molecule is CC(C)(C)C(CBr)CN1CCC2(CCCC2)CC1. The standard InChI is InChI=1S/C16H30BrN/c1-15(2,3)14(12-17)13-18-10-8-16(9-11-18)6-4-5-7-16/h14H,4-13H2,1-3H3. The Balaban J connectivity index is 1.82. The molecule has 106 valence electrons. The Bertz CT molecular complexity index is 253. The van der Waals surface area contributed by atoms with Crippen molar-refractivity contribution in [3.8, 4) is 0 Å². The smallest absolute Gasteiger partial charge is 0.00768 e. The monoisotopic (exact) mass is 315 g/mol. The fourth-order valence-electron chi connectivity index (χ4n) is 3.70. The molecule has 1 unspecified atom stereocenters. The molecule has 1 saturated heterocycles. The Hall–Kier alpha value is 0.440. The lowest BCUT2D eigenvalue weighted by Crippen LogP contribution is -2.43. The average Bonchev–Trinajstić information content (AvgIpc) is 2.75. The Morgan fingerprint density at radius 2 is 1.61 bits per heavy atom. The maximum atomic E-state index is 3.71. The van der Waals surface area contributed by atoms with Gasteiger partial charge in [0.2, 0.25) is 0 Å². The zero-order valence-electron chi connectivity index (χ0n) is 12.5. The van der Waals surface area contributed by atoms with Crippen molar-refractivity contribution in [3.05, 3.63) is 0 Å². The zero-order valence-corrected chi connectivity index (χ0v) is 14.1. The van der Waals surface area contributed by atoms with Gasteiger partial charge in [-0.2, -0.15) is 0 Å². The van der Waals surface area contributed by atoms with E-state index in [1.165, 1.54) is 58.2 Å². The van der Waals surface area contributed by atoms with Crippen LogP contribution in [0.15, 0.2) is 0 Å². The summed E-state index contributed by atoms with van der Waals surface area (Å²) < 4.78 is 0. The lowest BCUT2D eigenvalue weighted by molar-refractivity contribution is 0.0799. The Morgan fingerprint density at radius 1 is 1.06 bits per heavy atom. The second-order valence-electron chi connectivity index (χ2n) is 7.72. The van der Waals surface area contributed by atoms with Crippen molar-refractivity contribution in [2.24, 2.45) is 16.7 Å². The highest BCUT2D eigenvalue weighted by Gasteiger charge is 2.37. The second-order valence-corrected chi connectivity index (χ2v) is 8.37. The van der Waals surface area contributed by atoms with Crippen LogP contribution in [0.2, 0.25) is 0 Å². The first-order valence-electron chi connectivity index (χ1n) is 7.74. The van der Waals surface area contributed by atoms with Gasteiger partial charge in [-0.1, -0.05) is 49.5 Å². The van der Waals surface area contributed by atoms with Crippen molar-refractivity contribution < 1.29 is 0 Å². The molecule has 0 aromatic rings. The van der Waals surface area contributed by atoms with Gasteiger partial charge in [0, 0.05) is 11.9 Å². The number of rotatable bonds is 3. The van der Waals surface area contributed by atoms with E-state index < -0.39 is 0 Å². The Kier molecular flexibility index (Phi) is 4.80. The third-order valence-electron chi connectivity index (χ3n) is 5.47. The molecule has 1 aliphatic heterocycles. The number of hydrogen-bond acceptors (Lipinski definition) is 1. The van der Waals surface area contributed by atoms with Crippen LogP contribution in [0.4, 0.5) is 0 Å². The van der Waals surface area contributed by atoms with Crippen molar-refractivity contribution in [2.75, 3.05) is 25.0 Å². The van der Waals surface area contributed by atoms with Gasteiger partial charge in [0.05, 0.1) is 0 Å². The van der Waals surface area contributed by atoms with Gasteiger partial charge < -0.3 is 4.90 Å². The van der Waals surface area contributed by atoms with E-state index in [4.69, 9.17) is 0 Å². The van der Waals surface area contributed by atoms with Crippen molar-refractivity contribution >= 4 is 15.9 Å². The molecule has 1 spiro atoms. The Labute approximate surface area is 122 Å². The van der Waals surface area contributed by atoms with Crippen LogP contribution in [-0.4, -0.2) is 29.9 Å². The van der Waals surface area contributed by atoms with Crippen LogP contribution >= 0.6 is 15.9 Å². The quantitative estimate of drug-likeness (QED) is 0.682. The van der Waals surface area contributed by atoms with Crippen molar-refractivity contribution in [1.29, 1.82) is 0 Å². The van der Waals surface area contributed by atoms with Crippen LogP contribution in [0, 0.1) is 16.7 Å². The molecule has 0 radical (unpaired) electrons. The third kappa shape index (κ3) is 3.50. The van der Waals surface area contributed by atoms with Gasteiger partial charge in [-0.25, -0.2) is 0 Å². The summed E-state index contributed by atoms with van der Waals surface area (Å²) >= 11 is 3.71. The summed E-state index contributed by atoms with van der Waals surface area (Å²) in [4.78, 5) is 2.72. The van der Waals surface area contributed by atoms with E-state index in [1.807, 2.05) is 0 Å². The predicted molar refractivity (Wildman–Crippen MR) is 83.3 cm³/mol. The summed E-state index contributed by atoms with van der Waals surface area (Å²) in [5, 5.41) is 1.14. The molecule has 18 heavy (non-hydrogen) atoms. The Morgan fingerprint density at radius 3 is 2.06 bits per heavy atom. The van der Waals surface area contributed by atoms with Gasteiger partial charge >= 0.3 is 0 Å². The van der Waals surface area contributed by atoms with Crippen LogP contribution in [0.1, 0.15) is 59.3 Å². The first-order chi connectivity index (χ1) is 8.45. The minimum atomic E-state index is 0.423. The largest absolute Gasteiger partial charge is 0.303 e. The van der Waals surface area contributed by atoms with E-state index in [9.17, 15) is 0 Å². The van der Waals surface area contributed by atoms with Crippen LogP contribution in [0.5, 0.6) is 0 Å². The average molecular weight is 316 g/mol. The topological polar surface area (TPSA) is 3.24 Å². The van der Waals surface area contributed by atoms with E-state index in [1.54, 1.807) is 0 Å². The predicted octanol–water partition coefficient (Wildman–Crippen LogP) is 4.70. The molecule has 0 amide bonds. The molecule has 2 rings (SSSR count). The number of piperidine rings is 1. The molecule has 2 heteroatoms. The second kappa shape index (κ2) is 5.83. The highest BCUT2D eigenvalue weighted by molar-refractivity contribution is 9.09.